The second-order valence-corrected chi connectivity index (χ2v) is 9.97. The Morgan fingerprint density at radius 2 is 1.87 bits per heavy atom. The number of hydrogen-bond acceptors (Lipinski definition) is 9. The monoisotopic (exact) mass is 547 g/mol. The lowest BCUT2D eigenvalue weighted by atomic mass is 9.95. The average Bonchev–Trinajstić information content (AvgIpc) is 3.20. The van der Waals surface area contributed by atoms with Crippen LogP contribution in [0.1, 0.15) is 31.0 Å². The van der Waals surface area contributed by atoms with Crippen LogP contribution in [0.2, 0.25) is 0 Å². The standard InChI is InChI=1S/C29H29N3O6S/c1-7-14-37-28(35)25-17(2)30-29-32(26(25)20-10-13-22(38-18(3)33)23(16-20)36-6)27(34)24(39-29)15-19-8-11-21(12-9-19)31(4)5/h7-13,15-16,26H,1,14H2,2-6H3/b24-15-. The number of aromatic nitrogens is 1. The van der Waals surface area contributed by atoms with Crippen molar-refractivity contribution in [2.24, 2.45) is 4.99 Å². The van der Waals surface area contributed by atoms with Gasteiger partial charge in [-0.15, -0.1) is 0 Å². The van der Waals surface area contributed by atoms with Gasteiger partial charge in [0.25, 0.3) is 5.56 Å². The molecule has 0 N–H and O–H groups in total. The van der Waals surface area contributed by atoms with Gasteiger partial charge in [-0.1, -0.05) is 42.2 Å². The van der Waals surface area contributed by atoms with Crippen molar-refractivity contribution < 1.29 is 23.8 Å². The Hall–Kier alpha value is -4.44. The van der Waals surface area contributed by atoms with E-state index in [1.165, 1.54) is 36.0 Å². The molecule has 1 atom stereocenters. The summed E-state index contributed by atoms with van der Waals surface area (Å²) in [6, 6.07) is 11.9. The predicted octanol–water partition coefficient (Wildman–Crippen LogP) is 2.96. The summed E-state index contributed by atoms with van der Waals surface area (Å²) in [6.07, 6.45) is 3.27. The molecule has 1 aliphatic heterocycles. The molecule has 0 bridgehead atoms. The van der Waals surface area contributed by atoms with Gasteiger partial charge in [-0.25, -0.2) is 9.79 Å². The minimum absolute atomic E-state index is 0.00437. The quantitative estimate of drug-likeness (QED) is 0.243. The minimum Gasteiger partial charge on any atom is -0.493 e. The Morgan fingerprint density at radius 1 is 1.15 bits per heavy atom. The highest BCUT2D eigenvalue weighted by molar-refractivity contribution is 7.07. The fourth-order valence-corrected chi connectivity index (χ4v) is 5.27. The van der Waals surface area contributed by atoms with Crippen molar-refractivity contribution in [1.82, 2.24) is 4.57 Å². The number of rotatable bonds is 8. The van der Waals surface area contributed by atoms with Crippen molar-refractivity contribution in [3.63, 3.8) is 0 Å². The number of thiazole rings is 1. The summed E-state index contributed by atoms with van der Waals surface area (Å²) < 4.78 is 18.0. The van der Waals surface area contributed by atoms with Gasteiger partial charge in [-0.3, -0.25) is 14.2 Å². The second kappa shape index (κ2) is 11.5. The van der Waals surface area contributed by atoms with Gasteiger partial charge in [0, 0.05) is 26.7 Å². The number of ether oxygens (including phenoxy) is 3. The summed E-state index contributed by atoms with van der Waals surface area (Å²) in [5, 5.41) is 0. The highest BCUT2D eigenvalue weighted by atomic mass is 32.1. The van der Waals surface area contributed by atoms with Crippen molar-refractivity contribution >= 4 is 35.0 Å². The van der Waals surface area contributed by atoms with Crippen LogP contribution in [-0.4, -0.2) is 44.3 Å². The lowest BCUT2D eigenvalue weighted by molar-refractivity contribution is -0.138. The molecule has 2 aromatic carbocycles. The summed E-state index contributed by atoms with van der Waals surface area (Å²) in [5.74, 6) is -0.618. The maximum atomic E-state index is 13.8. The van der Waals surface area contributed by atoms with Crippen LogP contribution in [0.4, 0.5) is 5.69 Å². The summed E-state index contributed by atoms with van der Waals surface area (Å²) in [7, 11) is 5.36. The van der Waals surface area contributed by atoms with Gasteiger partial charge in [0.1, 0.15) is 6.61 Å². The van der Waals surface area contributed by atoms with E-state index in [2.05, 4.69) is 11.6 Å². The van der Waals surface area contributed by atoms with Crippen LogP contribution in [0.15, 0.2) is 76.2 Å². The molecule has 0 aliphatic carbocycles. The molecular formula is C29H29N3O6S. The van der Waals surface area contributed by atoms with E-state index < -0.39 is 18.0 Å². The highest BCUT2D eigenvalue weighted by Gasteiger charge is 2.34. The molecule has 0 radical (unpaired) electrons. The summed E-state index contributed by atoms with van der Waals surface area (Å²) in [6.45, 7) is 6.61. The van der Waals surface area contributed by atoms with Gasteiger partial charge in [0.2, 0.25) is 0 Å². The lowest BCUT2D eigenvalue weighted by Crippen LogP contribution is -2.40. The van der Waals surface area contributed by atoms with Crippen LogP contribution in [0.25, 0.3) is 6.08 Å². The Kier molecular flexibility index (Phi) is 8.15. The number of allylic oxidation sites excluding steroid dienone is 1. The Bertz CT molecular complexity index is 1650. The van der Waals surface area contributed by atoms with Crippen LogP contribution in [-0.2, 0) is 14.3 Å². The number of anilines is 1. The van der Waals surface area contributed by atoms with Crippen molar-refractivity contribution in [1.29, 1.82) is 0 Å². The fraction of sp³-hybridized carbons (Fsp3) is 0.241. The molecule has 39 heavy (non-hydrogen) atoms. The topological polar surface area (TPSA) is 99.4 Å². The van der Waals surface area contributed by atoms with Gasteiger partial charge in [-0.2, -0.15) is 0 Å². The number of esters is 2. The first-order chi connectivity index (χ1) is 18.6. The molecule has 0 fully saturated rings. The summed E-state index contributed by atoms with van der Waals surface area (Å²) in [5.41, 5.74) is 2.80. The zero-order valence-electron chi connectivity index (χ0n) is 22.4. The Labute approximate surface area is 229 Å². The van der Waals surface area contributed by atoms with E-state index in [4.69, 9.17) is 14.2 Å². The molecule has 4 rings (SSSR count). The molecule has 0 amide bonds. The van der Waals surface area contributed by atoms with Gasteiger partial charge in [0.15, 0.2) is 16.3 Å². The van der Waals surface area contributed by atoms with E-state index in [1.807, 2.05) is 43.3 Å². The fourth-order valence-electron chi connectivity index (χ4n) is 4.22. The molecule has 1 aliphatic rings. The SMILES string of the molecule is C=CCOC(=O)C1=C(C)N=c2s/c(=C\c3ccc(N(C)C)cc3)c(=O)n2C1c1ccc(OC(C)=O)c(OC)c1. The van der Waals surface area contributed by atoms with Crippen molar-refractivity contribution in [3.05, 3.63) is 97.2 Å². The predicted molar refractivity (Wildman–Crippen MR) is 150 cm³/mol. The lowest BCUT2D eigenvalue weighted by Gasteiger charge is -2.25. The summed E-state index contributed by atoms with van der Waals surface area (Å²) in [4.78, 5) is 45.6. The molecule has 0 saturated heterocycles. The van der Waals surface area contributed by atoms with E-state index in [-0.39, 0.29) is 29.2 Å². The second-order valence-electron chi connectivity index (χ2n) is 8.96. The number of fused-ring (bicyclic) bond motifs is 1. The van der Waals surface area contributed by atoms with E-state index in [9.17, 15) is 14.4 Å². The van der Waals surface area contributed by atoms with Gasteiger partial charge in [-0.05, 0) is 48.4 Å². The van der Waals surface area contributed by atoms with E-state index in [1.54, 1.807) is 31.2 Å². The third-order valence-electron chi connectivity index (χ3n) is 6.04. The first kappa shape index (κ1) is 27.6. The van der Waals surface area contributed by atoms with E-state index in [0.717, 1.165) is 11.3 Å². The van der Waals surface area contributed by atoms with Crippen LogP contribution in [0, 0.1) is 0 Å². The van der Waals surface area contributed by atoms with E-state index in [0.29, 0.717) is 20.6 Å². The van der Waals surface area contributed by atoms with Crippen molar-refractivity contribution in [3.8, 4) is 11.5 Å². The van der Waals surface area contributed by atoms with Gasteiger partial charge in [0.05, 0.1) is 29.0 Å². The number of carbonyl (C=O) groups is 2. The molecule has 2 heterocycles. The molecule has 0 saturated carbocycles. The molecular weight excluding hydrogens is 518 g/mol. The maximum absolute atomic E-state index is 13.8. The Morgan fingerprint density at radius 3 is 2.49 bits per heavy atom. The summed E-state index contributed by atoms with van der Waals surface area (Å²) >= 11 is 1.24. The van der Waals surface area contributed by atoms with Crippen molar-refractivity contribution in [2.75, 3.05) is 32.7 Å². The zero-order valence-corrected chi connectivity index (χ0v) is 23.2. The molecule has 1 aromatic heterocycles. The highest BCUT2D eigenvalue weighted by Crippen LogP contribution is 2.36. The Balaban J connectivity index is 1.91. The average molecular weight is 548 g/mol. The van der Waals surface area contributed by atoms with Crippen LogP contribution < -0.4 is 29.3 Å². The molecule has 202 valence electrons. The smallest absolute Gasteiger partial charge is 0.338 e. The molecule has 3 aromatic rings. The van der Waals surface area contributed by atoms with Gasteiger partial charge < -0.3 is 19.1 Å². The van der Waals surface area contributed by atoms with Crippen LogP contribution >= 0.6 is 11.3 Å². The number of methoxy groups -OCH3 is 1. The van der Waals surface area contributed by atoms with Crippen molar-refractivity contribution in [2.45, 2.75) is 19.9 Å². The van der Waals surface area contributed by atoms with Crippen LogP contribution in [0.3, 0.4) is 0 Å². The molecule has 0 spiro atoms. The first-order valence-electron chi connectivity index (χ1n) is 12.1. The van der Waals surface area contributed by atoms with Gasteiger partial charge >= 0.3 is 11.9 Å². The number of carbonyl (C=O) groups excluding carboxylic acids is 2. The van der Waals surface area contributed by atoms with E-state index >= 15 is 0 Å². The normalized spacial score (nSPS) is 14.8. The molecule has 1 unspecified atom stereocenters. The zero-order chi connectivity index (χ0) is 28.3. The molecule has 9 nitrogen and oxygen atoms in total. The minimum atomic E-state index is -0.850. The number of nitrogens with zero attached hydrogens (tertiary/aromatic N) is 3. The largest absolute Gasteiger partial charge is 0.493 e. The number of benzene rings is 2. The number of hydrogen-bond donors (Lipinski definition) is 0. The van der Waals surface area contributed by atoms with Crippen LogP contribution in [0.5, 0.6) is 11.5 Å². The first-order valence-corrected chi connectivity index (χ1v) is 12.9. The maximum Gasteiger partial charge on any atom is 0.338 e. The third kappa shape index (κ3) is 5.70. The molecule has 10 heteroatoms. The third-order valence-corrected chi connectivity index (χ3v) is 7.02.